The molecular formula is C19H30N2. The van der Waals surface area contributed by atoms with Crippen molar-refractivity contribution in [1.82, 2.24) is 10.2 Å². The summed E-state index contributed by atoms with van der Waals surface area (Å²) in [6.07, 6.45) is 5.54. The van der Waals surface area contributed by atoms with Crippen LogP contribution in [-0.4, -0.2) is 30.6 Å². The van der Waals surface area contributed by atoms with Crippen molar-refractivity contribution in [2.24, 2.45) is 5.92 Å². The SMILES string of the molecule is CC(C)c1ccc(CN(CC2CCNCC2)C2CC2)cc1. The molecule has 1 aliphatic heterocycles. The Hall–Kier alpha value is -0.860. The number of hydrogen-bond acceptors (Lipinski definition) is 2. The molecule has 1 aliphatic carbocycles. The molecular weight excluding hydrogens is 256 g/mol. The zero-order valence-electron chi connectivity index (χ0n) is 13.6. The molecule has 3 rings (SSSR count). The first kappa shape index (κ1) is 15.1. The highest BCUT2D eigenvalue weighted by atomic mass is 15.2. The Morgan fingerprint density at radius 1 is 1.05 bits per heavy atom. The van der Waals surface area contributed by atoms with Crippen LogP contribution >= 0.6 is 0 Å². The van der Waals surface area contributed by atoms with Crippen LogP contribution in [0.2, 0.25) is 0 Å². The molecule has 0 unspecified atom stereocenters. The zero-order chi connectivity index (χ0) is 14.7. The number of benzene rings is 1. The molecule has 1 heterocycles. The van der Waals surface area contributed by atoms with E-state index in [1.165, 1.54) is 56.4 Å². The molecule has 0 bridgehead atoms. The molecule has 2 fully saturated rings. The highest BCUT2D eigenvalue weighted by Gasteiger charge is 2.30. The van der Waals surface area contributed by atoms with E-state index in [1.54, 1.807) is 0 Å². The lowest BCUT2D eigenvalue weighted by Gasteiger charge is -2.30. The van der Waals surface area contributed by atoms with E-state index < -0.39 is 0 Å². The van der Waals surface area contributed by atoms with Crippen molar-refractivity contribution in [3.05, 3.63) is 35.4 Å². The smallest absolute Gasteiger partial charge is 0.0236 e. The van der Waals surface area contributed by atoms with Crippen LogP contribution in [0.4, 0.5) is 0 Å². The number of hydrogen-bond donors (Lipinski definition) is 1. The molecule has 1 aromatic carbocycles. The summed E-state index contributed by atoms with van der Waals surface area (Å²) in [7, 11) is 0. The van der Waals surface area contributed by atoms with Crippen LogP contribution in [0.1, 0.15) is 56.6 Å². The largest absolute Gasteiger partial charge is 0.317 e. The lowest BCUT2D eigenvalue weighted by Crippen LogP contribution is -2.37. The van der Waals surface area contributed by atoms with Crippen molar-refractivity contribution in [1.29, 1.82) is 0 Å². The lowest BCUT2D eigenvalue weighted by molar-refractivity contribution is 0.190. The first-order valence-corrected chi connectivity index (χ1v) is 8.76. The van der Waals surface area contributed by atoms with Gasteiger partial charge in [0.2, 0.25) is 0 Å². The molecule has 0 atom stereocenters. The van der Waals surface area contributed by atoms with Crippen LogP contribution in [0.15, 0.2) is 24.3 Å². The van der Waals surface area contributed by atoms with Gasteiger partial charge in [-0.05, 0) is 61.7 Å². The molecule has 0 amide bonds. The van der Waals surface area contributed by atoms with Crippen molar-refractivity contribution in [2.45, 2.75) is 58.0 Å². The average molecular weight is 286 g/mol. The minimum absolute atomic E-state index is 0.633. The van der Waals surface area contributed by atoms with Gasteiger partial charge in [-0.2, -0.15) is 0 Å². The van der Waals surface area contributed by atoms with Gasteiger partial charge in [0.25, 0.3) is 0 Å². The second kappa shape index (κ2) is 6.93. The van der Waals surface area contributed by atoms with Gasteiger partial charge >= 0.3 is 0 Å². The van der Waals surface area contributed by atoms with Crippen molar-refractivity contribution >= 4 is 0 Å². The maximum absolute atomic E-state index is 3.48. The van der Waals surface area contributed by atoms with E-state index in [2.05, 4.69) is 48.3 Å². The van der Waals surface area contributed by atoms with Gasteiger partial charge in [0.1, 0.15) is 0 Å². The Morgan fingerprint density at radius 3 is 2.29 bits per heavy atom. The Kier molecular flexibility index (Phi) is 4.97. The fourth-order valence-electron chi connectivity index (χ4n) is 3.42. The third-order valence-corrected chi connectivity index (χ3v) is 5.05. The summed E-state index contributed by atoms with van der Waals surface area (Å²) in [6.45, 7) is 9.41. The first-order chi connectivity index (χ1) is 10.2. The summed E-state index contributed by atoms with van der Waals surface area (Å²) in [4.78, 5) is 2.75. The van der Waals surface area contributed by atoms with Crippen molar-refractivity contribution in [3.8, 4) is 0 Å². The molecule has 21 heavy (non-hydrogen) atoms. The minimum Gasteiger partial charge on any atom is -0.317 e. The van der Waals surface area contributed by atoms with Gasteiger partial charge in [-0.1, -0.05) is 38.1 Å². The molecule has 1 saturated heterocycles. The molecule has 1 saturated carbocycles. The highest BCUT2D eigenvalue weighted by Crippen LogP contribution is 2.30. The van der Waals surface area contributed by atoms with E-state index >= 15 is 0 Å². The average Bonchev–Trinajstić information content (AvgIpc) is 3.33. The molecule has 2 nitrogen and oxygen atoms in total. The van der Waals surface area contributed by atoms with E-state index in [9.17, 15) is 0 Å². The van der Waals surface area contributed by atoms with Crippen LogP contribution in [0.5, 0.6) is 0 Å². The fraction of sp³-hybridized carbons (Fsp3) is 0.684. The molecule has 1 N–H and O–H groups in total. The van der Waals surface area contributed by atoms with E-state index in [1.807, 2.05) is 0 Å². The number of nitrogens with one attached hydrogen (secondary N) is 1. The topological polar surface area (TPSA) is 15.3 Å². The van der Waals surface area contributed by atoms with E-state index in [4.69, 9.17) is 0 Å². The molecule has 0 aromatic heterocycles. The monoisotopic (exact) mass is 286 g/mol. The Balaban J connectivity index is 1.59. The van der Waals surface area contributed by atoms with Crippen molar-refractivity contribution in [2.75, 3.05) is 19.6 Å². The predicted molar refractivity (Wildman–Crippen MR) is 89.6 cm³/mol. The third-order valence-electron chi connectivity index (χ3n) is 5.05. The van der Waals surface area contributed by atoms with Gasteiger partial charge in [-0.3, -0.25) is 4.90 Å². The third kappa shape index (κ3) is 4.31. The van der Waals surface area contributed by atoms with Gasteiger partial charge in [0, 0.05) is 19.1 Å². The van der Waals surface area contributed by atoms with Gasteiger partial charge < -0.3 is 5.32 Å². The standard InChI is InChI=1S/C19H30N2/c1-15(2)18-5-3-16(4-6-18)13-21(19-7-8-19)14-17-9-11-20-12-10-17/h3-6,15,17,19-20H,7-14H2,1-2H3. The summed E-state index contributed by atoms with van der Waals surface area (Å²) in [5.41, 5.74) is 2.94. The summed E-state index contributed by atoms with van der Waals surface area (Å²) >= 11 is 0. The summed E-state index contributed by atoms with van der Waals surface area (Å²) < 4.78 is 0. The molecule has 0 spiro atoms. The molecule has 1 aromatic rings. The van der Waals surface area contributed by atoms with Gasteiger partial charge in [0.05, 0.1) is 0 Å². The zero-order valence-corrected chi connectivity index (χ0v) is 13.6. The van der Waals surface area contributed by atoms with Gasteiger partial charge in [-0.15, -0.1) is 0 Å². The van der Waals surface area contributed by atoms with Gasteiger partial charge in [0.15, 0.2) is 0 Å². The minimum atomic E-state index is 0.633. The van der Waals surface area contributed by atoms with Crippen molar-refractivity contribution < 1.29 is 0 Å². The summed E-state index contributed by atoms with van der Waals surface area (Å²) in [5.74, 6) is 1.54. The van der Waals surface area contributed by atoms with Crippen LogP contribution < -0.4 is 5.32 Å². The number of nitrogens with zero attached hydrogens (tertiary/aromatic N) is 1. The maximum atomic E-state index is 3.48. The van der Waals surface area contributed by atoms with E-state index in [-0.39, 0.29) is 0 Å². The normalized spacial score (nSPS) is 20.4. The number of rotatable bonds is 6. The van der Waals surface area contributed by atoms with E-state index in [0.29, 0.717) is 5.92 Å². The Morgan fingerprint density at radius 2 is 1.71 bits per heavy atom. The highest BCUT2D eigenvalue weighted by molar-refractivity contribution is 5.24. The first-order valence-electron chi connectivity index (χ1n) is 8.76. The molecule has 2 heteroatoms. The van der Waals surface area contributed by atoms with Crippen LogP contribution in [-0.2, 0) is 6.54 Å². The van der Waals surface area contributed by atoms with E-state index in [0.717, 1.165) is 18.5 Å². The predicted octanol–water partition coefficient (Wildman–Crippen LogP) is 3.77. The summed E-state index contributed by atoms with van der Waals surface area (Å²) in [6, 6.07) is 10.2. The second-order valence-corrected chi connectivity index (χ2v) is 7.25. The van der Waals surface area contributed by atoms with Crippen LogP contribution in [0, 0.1) is 5.92 Å². The maximum Gasteiger partial charge on any atom is 0.0236 e. The van der Waals surface area contributed by atoms with Gasteiger partial charge in [-0.25, -0.2) is 0 Å². The Bertz CT molecular complexity index is 427. The second-order valence-electron chi connectivity index (χ2n) is 7.25. The number of piperidine rings is 1. The quantitative estimate of drug-likeness (QED) is 0.856. The van der Waals surface area contributed by atoms with Crippen LogP contribution in [0.3, 0.4) is 0 Å². The fourth-order valence-corrected chi connectivity index (χ4v) is 3.42. The summed E-state index contributed by atoms with van der Waals surface area (Å²) in [5, 5.41) is 3.48. The van der Waals surface area contributed by atoms with Crippen molar-refractivity contribution in [3.63, 3.8) is 0 Å². The lowest BCUT2D eigenvalue weighted by atomic mass is 9.97. The molecule has 2 aliphatic rings. The molecule has 0 radical (unpaired) electrons. The Labute approximate surface area is 129 Å². The molecule has 116 valence electrons. The van der Waals surface area contributed by atoms with Crippen LogP contribution in [0.25, 0.3) is 0 Å².